The van der Waals surface area contributed by atoms with E-state index < -0.39 is 5.97 Å². The lowest BCUT2D eigenvalue weighted by Gasteiger charge is -2.34. The predicted octanol–water partition coefficient (Wildman–Crippen LogP) is 4.27. The maximum Gasteiger partial charge on any atom is 0.335 e. The lowest BCUT2D eigenvalue weighted by atomic mass is 9.88. The zero-order valence-corrected chi connectivity index (χ0v) is 16.9. The molecule has 29 heavy (non-hydrogen) atoms. The number of aromatic carboxylic acids is 1. The van der Waals surface area contributed by atoms with Crippen molar-refractivity contribution in [3.63, 3.8) is 0 Å². The summed E-state index contributed by atoms with van der Waals surface area (Å²) in [6.07, 6.45) is 3.27. The summed E-state index contributed by atoms with van der Waals surface area (Å²) >= 11 is 0. The van der Waals surface area contributed by atoms with Crippen LogP contribution in [0, 0.1) is 11.8 Å². The molecule has 5 nitrogen and oxygen atoms in total. The van der Waals surface area contributed by atoms with Gasteiger partial charge in [0.2, 0.25) is 5.91 Å². The Morgan fingerprint density at radius 3 is 2.41 bits per heavy atom. The number of hydrogen-bond donors (Lipinski definition) is 1. The molecule has 1 heterocycles. The molecule has 1 atom stereocenters. The summed E-state index contributed by atoms with van der Waals surface area (Å²) < 4.78 is 5.71. The number of carbonyl (C=O) groups is 2. The minimum atomic E-state index is -0.875. The van der Waals surface area contributed by atoms with Gasteiger partial charge in [-0.1, -0.05) is 43.3 Å². The molecular formula is C24H29NO4. The van der Waals surface area contributed by atoms with Crippen LogP contribution in [0.15, 0.2) is 54.6 Å². The summed E-state index contributed by atoms with van der Waals surface area (Å²) in [7, 11) is 0. The van der Waals surface area contributed by atoms with Crippen LogP contribution in [0.1, 0.15) is 42.1 Å². The lowest BCUT2D eigenvalue weighted by molar-refractivity contribution is -0.136. The SMILES string of the molecule is CC(CCOc1ccccc1)C(=O)N1CCC(Cc2ccccc2C(=O)O)CC1. The highest BCUT2D eigenvalue weighted by Gasteiger charge is 2.26. The molecule has 0 saturated carbocycles. The highest BCUT2D eigenvalue weighted by atomic mass is 16.5. The highest BCUT2D eigenvalue weighted by molar-refractivity contribution is 5.89. The number of carbonyl (C=O) groups excluding carboxylic acids is 1. The average molecular weight is 395 g/mol. The number of para-hydroxylation sites is 1. The molecule has 1 aliphatic heterocycles. The first-order chi connectivity index (χ1) is 14.0. The molecule has 0 radical (unpaired) electrons. The molecule has 1 N–H and O–H groups in total. The van der Waals surface area contributed by atoms with Crippen molar-refractivity contribution in [3.05, 3.63) is 65.7 Å². The number of piperidine rings is 1. The highest BCUT2D eigenvalue weighted by Crippen LogP contribution is 2.25. The fourth-order valence-corrected chi connectivity index (χ4v) is 3.88. The summed E-state index contributed by atoms with van der Waals surface area (Å²) in [6, 6.07) is 16.9. The monoisotopic (exact) mass is 395 g/mol. The van der Waals surface area contributed by atoms with Crippen LogP contribution in [-0.4, -0.2) is 41.6 Å². The summed E-state index contributed by atoms with van der Waals surface area (Å²) in [5.41, 5.74) is 1.27. The van der Waals surface area contributed by atoms with Gasteiger partial charge in [-0.25, -0.2) is 4.79 Å². The Hall–Kier alpha value is -2.82. The van der Waals surface area contributed by atoms with Crippen LogP contribution >= 0.6 is 0 Å². The molecule has 2 aromatic rings. The second-order valence-electron chi connectivity index (χ2n) is 7.79. The van der Waals surface area contributed by atoms with Crippen molar-refractivity contribution < 1.29 is 19.4 Å². The van der Waals surface area contributed by atoms with Crippen LogP contribution in [0.4, 0.5) is 0 Å². The van der Waals surface area contributed by atoms with Crippen molar-refractivity contribution in [2.45, 2.75) is 32.6 Å². The molecule has 5 heteroatoms. The predicted molar refractivity (Wildman–Crippen MR) is 112 cm³/mol. The molecule has 1 unspecified atom stereocenters. The minimum Gasteiger partial charge on any atom is -0.494 e. The quantitative estimate of drug-likeness (QED) is 0.725. The van der Waals surface area contributed by atoms with Crippen molar-refractivity contribution in [3.8, 4) is 5.75 Å². The average Bonchev–Trinajstić information content (AvgIpc) is 2.74. The van der Waals surface area contributed by atoms with Crippen LogP contribution in [-0.2, 0) is 11.2 Å². The maximum atomic E-state index is 12.7. The molecule has 1 aliphatic rings. The molecule has 154 valence electrons. The molecule has 1 fully saturated rings. The maximum absolute atomic E-state index is 12.7. The van der Waals surface area contributed by atoms with Crippen molar-refractivity contribution in [1.82, 2.24) is 4.90 Å². The van der Waals surface area contributed by atoms with Gasteiger partial charge in [-0.2, -0.15) is 0 Å². The number of carboxylic acids is 1. The zero-order valence-electron chi connectivity index (χ0n) is 16.9. The Labute approximate surface area is 172 Å². The standard InChI is InChI=1S/C24H29NO4/c1-18(13-16-29-21-8-3-2-4-9-21)23(26)25-14-11-19(12-15-25)17-20-7-5-6-10-22(20)24(27)28/h2-10,18-19H,11-17H2,1H3,(H,27,28). The summed E-state index contributed by atoms with van der Waals surface area (Å²) in [5.74, 6) is 0.486. The minimum absolute atomic E-state index is 0.0667. The number of nitrogens with zero attached hydrogens (tertiary/aromatic N) is 1. The van der Waals surface area contributed by atoms with Crippen LogP contribution < -0.4 is 4.74 Å². The number of benzene rings is 2. The third-order valence-electron chi connectivity index (χ3n) is 5.67. The van der Waals surface area contributed by atoms with E-state index in [0.717, 1.165) is 43.7 Å². The Kier molecular flexibility index (Phi) is 7.28. The van der Waals surface area contributed by atoms with Crippen LogP contribution in [0.25, 0.3) is 0 Å². The van der Waals surface area contributed by atoms with E-state index in [0.29, 0.717) is 24.5 Å². The van der Waals surface area contributed by atoms with Crippen LogP contribution in [0.3, 0.4) is 0 Å². The van der Waals surface area contributed by atoms with E-state index in [2.05, 4.69) is 0 Å². The van der Waals surface area contributed by atoms with Crippen molar-refractivity contribution in [2.24, 2.45) is 11.8 Å². The largest absolute Gasteiger partial charge is 0.494 e. The van der Waals surface area contributed by atoms with E-state index in [-0.39, 0.29) is 11.8 Å². The van der Waals surface area contributed by atoms with Crippen molar-refractivity contribution in [2.75, 3.05) is 19.7 Å². The Bertz CT molecular complexity index is 813. The molecule has 0 aromatic heterocycles. The van der Waals surface area contributed by atoms with Crippen molar-refractivity contribution >= 4 is 11.9 Å². The van der Waals surface area contributed by atoms with E-state index in [1.807, 2.05) is 54.3 Å². The number of rotatable bonds is 8. The van der Waals surface area contributed by atoms with E-state index in [1.54, 1.807) is 12.1 Å². The normalized spacial score (nSPS) is 15.7. The number of likely N-dealkylation sites (tertiary alicyclic amines) is 1. The smallest absolute Gasteiger partial charge is 0.335 e. The third-order valence-corrected chi connectivity index (χ3v) is 5.67. The second kappa shape index (κ2) is 10.1. The fraction of sp³-hybridized carbons (Fsp3) is 0.417. The molecule has 1 amide bonds. The second-order valence-corrected chi connectivity index (χ2v) is 7.79. The van der Waals surface area contributed by atoms with Gasteiger partial charge >= 0.3 is 5.97 Å². The third kappa shape index (κ3) is 5.83. The van der Waals surface area contributed by atoms with Gasteiger partial charge in [0, 0.05) is 19.0 Å². The van der Waals surface area contributed by atoms with Crippen molar-refractivity contribution in [1.29, 1.82) is 0 Å². The molecular weight excluding hydrogens is 366 g/mol. The Balaban J connectivity index is 1.44. The zero-order chi connectivity index (χ0) is 20.6. The molecule has 3 rings (SSSR count). The first kappa shape index (κ1) is 20.9. The van der Waals surface area contributed by atoms with Crippen LogP contribution in [0.5, 0.6) is 5.75 Å². The van der Waals surface area contributed by atoms with Gasteiger partial charge in [-0.15, -0.1) is 0 Å². The van der Waals surface area contributed by atoms with Gasteiger partial charge < -0.3 is 14.7 Å². The molecule has 0 aliphatic carbocycles. The summed E-state index contributed by atoms with van der Waals surface area (Å²) in [5, 5.41) is 9.35. The first-order valence-corrected chi connectivity index (χ1v) is 10.3. The van der Waals surface area contributed by atoms with Gasteiger partial charge in [0.25, 0.3) is 0 Å². The first-order valence-electron chi connectivity index (χ1n) is 10.3. The summed E-state index contributed by atoms with van der Waals surface area (Å²) in [4.78, 5) is 26.1. The van der Waals surface area contributed by atoms with E-state index in [1.165, 1.54) is 0 Å². The number of ether oxygens (including phenoxy) is 1. The van der Waals surface area contributed by atoms with Gasteiger partial charge in [0.15, 0.2) is 0 Å². The molecule has 2 aromatic carbocycles. The topological polar surface area (TPSA) is 66.8 Å². The van der Waals surface area contributed by atoms with Gasteiger partial charge in [-0.3, -0.25) is 4.79 Å². The van der Waals surface area contributed by atoms with Gasteiger partial charge in [0.05, 0.1) is 12.2 Å². The molecule has 0 spiro atoms. The van der Waals surface area contributed by atoms with E-state index in [4.69, 9.17) is 4.74 Å². The number of hydrogen-bond acceptors (Lipinski definition) is 3. The fourth-order valence-electron chi connectivity index (χ4n) is 3.88. The number of carboxylic acid groups (broad SMARTS) is 1. The number of amides is 1. The van der Waals surface area contributed by atoms with Gasteiger partial charge in [0.1, 0.15) is 5.75 Å². The molecule has 0 bridgehead atoms. The van der Waals surface area contributed by atoms with E-state index >= 15 is 0 Å². The molecule has 1 saturated heterocycles. The Morgan fingerprint density at radius 1 is 1.07 bits per heavy atom. The van der Waals surface area contributed by atoms with Gasteiger partial charge in [-0.05, 0) is 55.4 Å². The lowest BCUT2D eigenvalue weighted by Crippen LogP contribution is -2.41. The Morgan fingerprint density at radius 2 is 1.72 bits per heavy atom. The van der Waals surface area contributed by atoms with Crippen LogP contribution in [0.2, 0.25) is 0 Å². The van der Waals surface area contributed by atoms with E-state index in [9.17, 15) is 14.7 Å². The summed E-state index contributed by atoms with van der Waals surface area (Å²) in [6.45, 7) is 3.97.